The van der Waals surface area contributed by atoms with E-state index in [0.717, 1.165) is 104 Å². The molecule has 1 saturated heterocycles. The molecular formula is C38H41F2N7O2S. The first kappa shape index (κ1) is 34.2. The largest absolute Gasteiger partial charge is 0.379 e. The third kappa shape index (κ3) is 8.21. The normalized spacial score (nSPS) is 14.7. The van der Waals surface area contributed by atoms with E-state index in [9.17, 15) is 13.6 Å². The SMILES string of the molecule is O=c1nc(SCc2ccc(F)cc2)n(Cc2nnc(CNCCN3CCOCC3)n2Cc2ccc(-c3ccc(CF)cc3)cc2)c2c1CCC2. The molecule has 7 rings (SSSR count). The molecule has 2 aliphatic rings. The molecule has 0 unspecified atom stereocenters. The highest BCUT2D eigenvalue weighted by molar-refractivity contribution is 7.98. The zero-order valence-corrected chi connectivity index (χ0v) is 28.8. The molecule has 1 N–H and O–H groups in total. The molecule has 50 heavy (non-hydrogen) atoms. The van der Waals surface area contributed by atoms with Crippen molar-refractivity contribution in [3.8, 4) is 11.1 Å². The summed E-state index contributed by atoms with van der Waals surface area (Å²) in [6, 6.07) is 22.4. The van der Waals surface area contributed by atoms with Crippen LogP contribution in [-0.4, -0.2) is 68.6 Å². The molecule has 0 amide bonds. The van der Waals surface area contributed by atoms with Crippen molar-refractivity contribution in [2.24, 2.45) is 0 Å². The summed E-state index contributed by atoms with van der Waals surface area (Å²) in [6.07, 6.45) is 2.43. The Morgan fingerprint density at radius 3 is 2.20 bits per heavy atom. The van der Waals surface area contributed by atoms with Gasteiger partial charge in [-0.1, -0.05) is 72.4 Å². The Balaban J connectivity index is 1.15. The Morgan fingerprint density at radius 1 is 0.800 bits per heavy atom. The van der Waals surface area contributed by atoms with Gasteiger partial charge in [-0.3, -0.25) is 9.69 Å². The fourth-order valence-corrected chi connectivity index (χ4v) is 7.53. The summed E-state index contributed by atoms with van der Waals surface area (Å²) in [6.45, 7) is 6.25. The molecule has 5 aromatic rings. The summed E-state index contributed by atoms with van der Waals surface area (Å²) in [5.41, 5.74) is 6.43. The number of ether oxygens (including phenoxy) is 1. The van der Waals surface area contributed by atoms with Crippen molar-refractivity contribution in [1.82, 2.24) is 34.5 Å². The number of rotatable bonds is 14. The summed E-state index contributed by atoms with van der Waals surface area (Å²) in [4.78, 5) is 20.0. The van der Waals surface area contributed by atoms with Crippen LogP contribution in [0.1, 0.15) is 46.0 Å². The Hall–Kier alpha value is -4.23. The van der Waals surface area contributed by atoms with Gasteiger partial charge in [-0.25, -0.2) is 8.78 Å². The van der Waals surface area contributed by atoms with Crippen LogP contribution in [0.25, 0.3) is 11.1 Å². The molecule has 0 radical (unpaired) electrons. The van der Waals surface area contributed by atoms with Gasteiger partial charge in [0.15, 0.2) is 11.0 Å². The number of nitrogens with one attached hydrogen (secondary N) is 1. The summed E-state index contributed by atoms with van der Waals surface area (Å²) in [5, 5.41) is 13.6. The molecule has 0 atom stereocenters. The molecule has 1 fully saturated rings. The van der Waals surface area contributed by atoms with Crippen molar-refractivity contribution < 1.29 is 13.5 Å². The first-order chi connectivity index (χ1) is 24.5. The molecule has 9 nitrogen and oxygen atoms in total. The van der Waals surface area contributed by atoms with Crippen LogP contribution in [-0.2, 0) is 49.6 Å². The molecule has 0 saturated carbocycles. The Morgan fingerprint density at radius 2 is 1.48 bits per heavy atom. The molecule has 2 aromatic heterocycles. The third-order valence-electron chi connectivity index (χ3n) is 9.41. The fourth-order valence-electron chi connectivity index (χ4n) is 6.57. The molecular weight excluding hydrogens is 657 g/mol. The van der Waals surface area contributed by atoms with Gasteiger partial charge in [0.1, 0.15) is 18.3 Å². The van der Waals surface area contributed by atoms with Gasteiger partial charge in [-0.15, -0.1) is 10.2 Å². The van der Waals surface area contributed by atoms with Crippen molar-refractivity contribution in [2.45, 2.75) is 56.5 Å². The topological polar surface area (TPSA) is 90.1 Å². The lowest BCUT2D eigenvalue weighted by Gasteiger charge is -2.26. The van der Waals surface area contributed by atoms with Crippen LogP contribution in [0.3, 0.4) is 0 Å². The van der Waals surface area contributed by atoms with E-state index in [0.29, 0.717) is 36.1 Å². The lowest BCUT2D eigenvalue weighted by molar-refractivity contribution is 0.0384. The molecule has 1 aliphatic heterocycles. The van der Waals surface area contributed by atoms with Crippen LogP contribution in [0.5, 0.6) is 0 Å². The standard InChI is InChI=1S/C38H41F2N7O2S/c39-22-27-4-10-30(11-5-27)31-12-6-28(7-13-31)24-47-35(23-41-16-17-45-18-20-49-21-19-45)43-44-36(47)25-46-34-3-1-2-33(34)37(48)42-38(46)50-26-29-8-14-32(40)15-9-29/h4-15,41H,1-3,16-26H2. The van der Waals surface area contributed by atoms with E-state index in [4.69, 9.17) is 9.84 Å². The third-order valence-corrected chi connectivity index (χ3v) is 10.5. The second-order valence-electron chi connectivity index (χ2n) is 12.8. The highest BCUT2D eigenvalue weighted by Crippen LogP contribution is 2.28. The molecule has 12 heteroatoms. The van der Waals surface area contributed by atoms with Crippen LogP contribution < -0.4 is 10.9 Å². The number of halogens is 2. The Bertz CT molecular complexity index is 1940. The maximum absolute atomic E-state index is 13.6. The van der Waals surface area contributed by atoms with Crippen molar-refractivity contribution in [3.05, 3.63) is 129 Å². The molecule has 3 aromatic carbocycles. The molecule has 1 aliphatic carbocycles. The highest BCUT2D eigenvalue weighted by Gasteiger charge is 2.24. The zero-order chi connectivity index (χ0) is 34.3. The van der Waals surface area contributed by atoms with Crippen molar-refractivity contribution in [1.29, 1.82) is 0 Å². The summed E-state index contributed by atoms with van der Waals surface area (Å²) >= 11 is 1.48. The van der Waals surface area contributed by atoms with E-state index in [1.807, 2.05) is 24.3 Å². The Labute approximate surface area is 294 Å². The fraction of sp³-hybridized carbons (Fsp3) is 0.368. The van der Waals surface area contributed by atoms with Gasteiger partial charge < -0.3 is 19.2 Å². The average molecular weight is 698 g/mol. The van der Waals surface area contributed by atoms with E-state index in [1.165, 1.54) is 23.9 Å². The lowest BCUT2D eigenvalue weighted by Crippen LogP contribution is -2.40. The number of nitrogens with zero attached hydrogens (tertiary/aromatic N) is 6. The first-order valence-corrected chi connectivity index (χ1v) is 18.2. The van der Waals surface area contributed by atoms with Crippen molar-refractivity contribution in [3.63, 3.8) is 0 Å². The second-order valence-corrected chi connectivity index (χ2v) is 13.7. The summed E-state index contributed by atoms with van der Waals surface area (Å²) in [5.74, 6) is 1.89. The summed E-state index contributed by atoms with van der Waals surface area (Å²) in [7, 11) is 0. The summed E-state index contributed by atoms with van der Waals surface area (Å²) < 4.78 is 36.4. The number of hydrogen-bond donors (Lipinski definition) is 1. The number of thioether (sulfide) groups is 1. The average Bonchev–Trinajstić information content (AvgIpc) is 3.80. The molecule has 0 bridgehead atoms. The van der Waals surface area contributed by atoms with E-state index >= 15 is 0 Å². The van der Waals surface area contributed by atoms with Gasteiger partial charge in [0.05, 0.1) is 32.8 Å². The predicted molar refractivity (Wildman–Crippen MR) is 190 cm³/mol. The van der Waals surface area contributed by atoms with Crippen LogP contribution >= 0.6 is 11.8 Å². The zero-order valence-electron chi connectivity index (χ0n) is 28.0. The maximum Gasteiger partial charge on any atom is 0.277 e. The van der Waals surface area contributed by atoms with Crippen LogP contribution in [0.15, 0.2) is 82.7 Å². The van der Waals surface area contributed by atoms with Gasteiger partial charge >= 0.3 is 0 Å². The highest BCUT2D eigenvalue weighted by atomic mass is 32.2. The number of alkyl halides is 1. The Kier molecular flexibility index (Phi) is 11.1. The maximum atomic E-state index is 13.6. The van der Waals surface area contributed by atoms with Gasteiger partial charge in [0.25, 0.3) is 5.56 Å². The van der Waals surface area contributed by atoms with Crippen LogP contribution in [0.2, 0.25) is 0 Å². The smallest absolute Gasteiger partial charge is 0.277 e. The quantitative estimate of drug-likeness (QED) is 0.0937. The van der Waals surface area contributed by atoms with E-state index < -0.39 is 6.67 Å². The van der Waals surface area contributed by atoms with Gasteiger partial charge in [-0.05, 0) is 59.2 Å². The van der Waals surface area contributed by atoms with Gasteiger partial charge in [0, 0.05) is 43.2 Å². The lowest BCUT2D eigenvalue weighted by atomic mass is 10.0. The number of fused-ring (bicyclic) bond motifs is 1. The van der Waals surface area contributed by atoms with Crippen LogP contribution in [0, 0.1) is 5.82 Å². The molecule has 0 spiro atoms. The molecule has 3 heterocycles. The van der Waals surface area contributed by atoms with E-state index in [2.05, 4.69) is 53.7 Å². The number of morpholine rings is 1. The number of aromatic nitrogens is 5. The van der Waals surface area contributed by atoms with Gasteiger partial charge in [0.2, 0.25) is 0 Å². The van der Waals surface area contributed by atoms with Crippen LogP contribution in [0.4, 0.5) is 8.78 Å². The monoisotopic (exact) mass is 697 g/mol. The number of benzene rings is 3. The first-order valence-electron chi connectivity index (χ1n) is 17.2. The van der Waals surface area contributed by atoms with Crippen molar-refractivity contribution >= 4 is 11.8 Å². The number of hydrogen-bond acceptors (Lipinski definition) is 8. The van der Waals surface area contributed by atoms with E-state index in [1.54, 1.807) is 12.1 Å². The van der Waals surface area contributed by atoms with Crippen molar-refractivity contribution in [2.75, 3.05) is 39.4 Å². The minimum Gasteiger partial charge on any atom is -0.379 e. The van der Waals surface area contributed by atoms with Gasteiger partial charge in [-0.2, -0.15) is 4.98 Å². The van der Waals surface area contributed by atoms with E-state index in [-0.39, 0.29) is 11.4 Å². The minimum absolute atomic E-state index is 0.165. The second kappa shape index (κ2) is 16.2. The minimum atomic E-state index is -0.475. The predicted octanol–water partition coefficient (Wildman–Crippen LogP) is 5.41. The molecule has 260 valence electrons.